The molecule has 0 amide bonds. The van der Waals surface area contributed by atoms with Crippen LogP contribution in [-0.4, -0.2) is 0 Å². The van der Waals surface area contributed by atoms with Crippen molar-refractivity contribution in [3.05, 3.63) is 59.4 Å². The second kappa shape index (κ2) is 5.35. The van der Waals surface area contributed by atoms with Crippen molar-refractivity contribution in [2.24, 2.45) is 0 Å². The minimum absolute atomic E-state index is 0.312. The molecule has 2 rings (SSSR count). The van der Waals surface area contributed by atoms with E-state index in [9.17, 15) is 4.39 Å². The summed E-state index contributed by atoms with van der Waals surface area (Å²) in [7, 11) is 0. The number of nitrogens with zero attached hydrogens (tertiary/aromatic N) is 2. The lowest BCUT2D eigenvalue weighted by Gasteiger charge is -2.05. The average molecular weight is 254 g/mol. The highest BCUT2D eigenvalue weighted by molar-refractivity contribution is 7.99. The molecule has 0 fully saturated rings. The summed E-state index contributed by atoms with van der Waals surface area (Å²) in [5, 5.41) is 18.1. The molecular weight excluding hydrogens is 247 g/mol. The first kappa shape index (κ1) is 12.2. The molecular formula is C14H7FN2S. The zero-order valence-corrected chi connectivity index (χ0v) is 10.0. The van der Waals surface area contributed by atoms with E-state index in [0.717, 1.165) is 4.90 Å². The second-order valence-corrected chi connectivity index (χ2v) is 4.55. The molecule has 0 heterocycles. The van der Waals surface area contributed by atoms with Crippen LogP contribution >= 0.6 is 11.8 Å². The lowest BCUT2D eigenvalue weighted by molar-refractivity contribution is 0.626. The van der Waals surface area contributed by atoms with Gasteiger partial charge in [0, 0.05) is 9.79 Å². The zero-order valence-electron chi connectivity index (χ0n) is 9.22. The summed E-state index contributed by atoms with van der Waals surface area (Å²) in [6, 6.07) is 15.0. The Morgan fingerprint density at radius 2 is 1.44 bits per heavy atom. The Bertz CT molecular complexity index is 619. The molecule has 0 saturated heterocycles. The van der Waals surface area contributed by atoms with Crippen LogP contribution in [0.5, 0.6) is 0 Å². The third-order valence-corrected chi connectivity index (χ3v) is 3.44. The normalized spacial score (nSPS) is 9.50. The van der Waals surface area contributed by atoms with Gasteiger partial charge in [-0.15, -0.1) is 0 Å². The van der Waals surface area contributed by atoms with Crippen molar-refractivity contribution in [1.29, 1.82) is 10.5 Å². The molecule has 0 spiro atoms. The molecule has 0 atom stereocenters. The summed E-state index contributed by atoms with van der Waals surface area (Å²) in [5.74, 6) is -0.312. The van der Waals surface area contributed by atoms with Crippen LogP contribution in [0.2, 0.25) is 0 Å². The highest BCUT2D eigenvalue weighted by Gasteiger charge is 2.09. The smallest absolute Gasteiger partial charge is 0.123 e. The molecule has 0 bridgehead atoms. The largest absolute Gasteiger partial charge is 0.207 e. The van der Waals surface area contributed by atoms with Crippen LogP contribution < -0.4 is 0 Å². The van der Waals surface area contributed by atoms with Crippen LogP contribution in [-0.2, 0) is 0 Å². The van der Waals surface area contributed by atoms with Gasteiger partial charge in [-0.3, -0.25) is 0 Å². The monoisotopic (exact) mass is 254 g/mol. The van der Waals surface area contributed by atoms with Crippen molar-refractivity contribution in [2.45, 2.75) is 9.79 Å². The predicted molar refractivity (Wildman–Crippen MR) is 66.4 cm³/mol. The van der Waals surface area contributed by atoms with Crippen LogP contribution in [0.4, 0.5) is 4.39 Å². The highest BCUT2D eigenvalue weighted by atomic mass is 32.2. The number of nitriles is 2. The van der Waals surface area contributed by atoms with E-state index in [2.05, 4.69) is 12.1 Å². The summed E-state index contributed by atoms with van der Waals surface area (Å²) in [6.07, 6.45) is 0. The van der Waals surface area contributed by atoms with Crippen molar-refractivity contribution in [2.75, 3.05) is 0 Å². The van der Waals surface area contributed by atoms with E-state index in [1.54, 1.807) is 30.3 Å². The molecule has 0 aromatic heterocycles. The van der Waals surface area contributed by atoms with Gasteiger partial charge in [-0.1, -0.05) is 17.8 Å². The lowest BCUT2D eigenvalue weighted by atomic mass is 10.1. The van der Waals surface area contributed by atoms with Gasteiger partial charge in [0.05, 0.1) is 11.1 Å². The van der Waals surface area contributed by atoms with Crippen molar-refractivity contribution >= 4 is 11.8 Å². The summed E-state index contributed by atoms with van der Waals surface area (Å²) < 4.78 is 12.8. The molecule has 4 heteroatoms. The van der Waals surface area contributed by atoms with Crippen LogP contribution in [0.3, 0.4) is 0 Å². The first-order valence-electron chi connectivity index (χ1n) is 5.11. The Morgan fingerprint density at radius 3 is 1.94 bits per heavy atom. The number of halogens is 1. The quantitative estimate of drug-likeness (QED) is 0.820. The first-order chi connectivity index (χ1) is 8.74. The Hall–Kier alpha value is -2.30. The van der Waals surface area contributed by atoms with Crippen LogP contribution in [0, 0.1) is 28.5 Å². The first-order valence-corrected chi connectivity index (χ1v) is 5.93. The van der Waals surface area contributed by atoms with Gasteiger partial charge >= 0.3 is 0 Å². The van der Waals surface area contributed by atoms with Crippen LogP contribution in [0.15, 0.2) is 52.3 Å². The summed E-state index contributed by atoms with van der Waals surface area (Å²) in [6.45, 7) is 0. The summed E-state index contributed by atoms with van der Waals surface area (Å²) in [4.78, 5) is 1.39. The third kappa shape index (κ3) is 2.51. The molecule has 2 aromatic rings. The van der Waals surface area contributed by atoms with E-state index in [1.807, 2.05) is 0 Å². The predicted octanol–water partition coefficient (Wildman–Crippen LogP) is 3.72. The fourth-order valence-corrected chi connectivity index (χ4v) is 2.40. The van der Waals surface area contributed by atoms with E-state index in [-0.39, 0.29) is 5.82 Å². The Kier molecular flexibility index (Phi) is 3.62. The molecule has 0 aliphatic heterocycles. The molecule has 0 radical (unpaired) electrons. The number of rotatable bonds is 2. The van der Waals surface area contributed by atoms with Crippen molar-refractivity contribution in [3.8, 4) is 12.1 Å². The molecule has 0 aliphatic rings. The van der Waals surface area contributed by atoms with E-state index in [4.69, 9.17) is 10.5 Å². The summed E-state index contributed by atoms with van der Waals surface area (Å²) in [5.41, 5.74) is 0.895. The maximum Gasteiger partial charge on any atom is 0.123 e. The lowest BCUT2D eigenvalue weighted by Crippen LogP contribution is -1.87. The minimum Gasteiger partial charge on any atom is -0.207 e. The van der Waals surface area contributed by atoms with E-state index < -0.39 is 0 Å². The average Bonchev–Trinajstić information content (AvgIpc) is 2.41. The molecule has 2 nitrogen and oxygen atoms in total. The van der Waals surface area contributed by atoms with Gasteiger partial charge in [-0.2, -0.15) is 10.5 Å². The Labute approximate surface area is 108 Å². The molecule has 0 saturated carbocycles. The van der Waals surface area contributed by atoms with E-state index in [1.165, 1.54) is 23.9 Å². The van der Waals surface area contributed by atoms with Gasteiger partial charge in [0.25, 0.3) is 0 Å². The Morgan fingerprint density at radius 1 is 0.889 bits per heavy atom. The Balaban J connectivity index is 2.43. The topological polar surface area (TPSA) is 47.6 Å². The SMILES string of the molecule is N#Cc1cccc(C#N)c1Sc1ccc(F)cc1. The maximum atomic E-state index is 12.8. The van der Waals surface area contributed by atoms with Gasteiger partial charge in [0.1, 0.15) is 18.0 Å². The molecule has 0 aliphatic carbocycles. The molecule has 0 unspecified atom stereocenters. The molecule has 86 valence electrons. The standard InChI is InChI=1S/C14H7FN2S/c15-12-4-6-13(7-5-12)18-14-10(8-16)2-1-3-11(14)9-17/h1-7H. The summed E-state index contributed by atoms with van der Waals surface area (Å²) >= 11 is 1.29. The maximum absolute atomic E-state index is 12.8. The van der Waals surface area contributed by atoms with E-state index in [0.29, 0.717) is 16.0 Å². The van der Waals surface area contributed by atoms with Gasteiger partial charge < -0.3 is 0 Å². The molecule has 18 heavy (non-hydrogen) atoms. The number of hydrogen-bond acceptors (Lipinski definition) is 3. The van der Waals surface area contributed by atoms with Crippen LogP contribution in [0.1, 0.15) is 11.1 Å². The second-order valence-electron chi connectivity index (χ2n) is 3.46. The number of benzene rings is 2. The molecule has 0 N–H and O–H groups in total. The van der Waals surface area contributed by atoms with E-state index >= 15 is 0 Å². The third-order valence-electron chi connectivity index (χ3n) is 2.29. The molecule has 2 aromatic carbocycles. The zero-order chi connectivity index (χ0) is 13.0. The van der Waals surface area contributed by atoms with Gasteiger partial charge in [-0.25, -0.2) is 4.39 Å². The van der Waals surface area contributed by atoms with Crippen molar-refractivity contribution < 1.29 is 4.39 Å². The number of hydrogen-bond donors (Lipinski definition) is 0. The highest BCUT2D eigenvalue weighted by Crippen LogP contribution is 2.32. The fraction of sp³-hybridized carbons (Fsp3) is 0. The van der Waals surface area contributed by atoms with Crippen molar-refractivity contribution in [3.63, 3.8) is 0 Å². The minimum atomic E-state index is -0.312. The van der Waals surface area contributed by atoms with Gasteiger partial charge in [0.15, 0.2) is 0 Å². The van der Waals surface area contributed by atoms with Crippen molar-refractivity contribution in [1.82, 2.24) is 0 Å². The van der Waals surface area contributed by atoms with Gasteiger partial charge in [-0.05, 0) is 36.4 Å². The van der Waals surface area contributed by atoms with Gasteiger partial charge in [0.2, 0.25) is 0 Å². The van der Waals surface area contributed by atoms with Crippen LogP contribution in [0.25, 0.3) is 0 Å². The fourth-order valence-electron chi connectivity index (χ4n) is 1.44.